The summed E-state index contributed by atoms with van der Waals surface area (Å²) in [5.74, 6) is 0.567. The van der Waals surface area contributed by atoms with E-state index in [-0.39, 0.29) is 29.4 Å². The van der Waals surface area contributed by atoms with E-state index in [1.54, 1.807) is 17.0 Å². The number of nitriles is 1. The lowest BCUT2D eigenvalue weighted by Crippen LogP contribution is -2.45. The Morgan fingerprint density at radius 1 is 1.12 bits per heavy atom. The summed E-state index contributed by atoms with van der Waals surface area (Å²) in [5, 5.41) is 14.9. The smallest absolute Gasteiger partial charge is 0.328 e. The second kappa shape index (κ2) is 11.5. The topological polar surface area (TPSA) is 131 Å². The van der Waals surface area contributed by atoms with Gasteiger partial charge in [-0.15, -0.1) is 0 Å². The molecular formula is C23H33N5O4S. The maximum absolute atomic E-state index is 12.5. The molecule has 1 aliphatic heterocycles. The van der Waals surface area contributed by atoms with Gasteiger partial charge in [-0.25, -0.2) is 17.9 Å². The van der Waals surface area contributed by atoms with Gasteiger partial charge in [0.25, 0.3) is 10.0 Å². The lowest BCUT2D eigenvalue weighted by Gasteiger charge is -2.26. The van der Waals surface area contributed by atoms with Crippen molar-refractivity contribution in [1.82, 2.24) is 20.3 Å². The molecule has 3 rings (SSSR count). The molecule has 1 saturated heterocycles. The highest BCUT2D eigenvalue weighted by molar-refractivity contribution is 7.90. The largest absolute Gasteiger partial charge is 0.335 e. The highest BCUT2D eigenvalue weighted by Crippen LogP contribution is 2.23. The fourth-order valence-electron chi connectivity index (χ4n) is 4.36. The molecule has 180 valence electrons. The van der Waals surface area contributed by atoms with Crippen molar-refractivity contribution in [2.45, 2.75) is 68.8 Å². The van der Waals surface area contributed by atoms with Gasteiger partial charge in [-0.3, -0.25) is 4.79 Å². The molecule has 2 aliphatic rings. The van der Waals surface area contributed by atoms with Crippen LogP contribution in [-0.2, 0) is 21.2 Å². The molecule has 0 bridgehead atoms. The van der Waals surface area contributed by atoms with Crippen LogP contribution in [0.5, 0.6) is 0 Å². The van der Waals surface area contributed by atoms with Crippen molar-refractivity contribution in [3.8, 4) is 6.07 Å². The molecule has 1 aromatic carbocycles. The zero-order chi connectivity index (χ0) is 23.8. The number of nitrogens with zero attached hydrogens (tertiary/aromatic N) is 2. The van der Waals surface area contributed by atoms with Crippen LogP contribution in [0.25, 0.3) is 0 Å². The lowest BCUT2D eigenvalue weighted by molar-refractivity contribution is -0.130. The third-order valence-corrected chi connectivity index (χ3v) is 7.75. The highest BCUT2D eigenvalue weighted by atomic mass is 32.2. The maximum Gasteiger partial charge on any atom is 0.328 e. The van der Waals surface area contributed by atoms with E-state index in [4.69, 9.17) is 5.26 Å². The van der Waals surface area contributed by atoms with Crippen molar-refractivity contribution in [3.63, 3.8) is 0 Å². The normalized spacial score (nSPS) is 23.0. The van der Waals surface area contributed by atoms with Gasteiger partial charge >= 0.3 is 6.03 Å². The van der Waals surface area contributed by atoms with Gasteiger partial charge in [-0.05, 0) is 75.1 Å². The number of benzene rings is 1. The number of sulfonamides is 1. The van der Waals surface area contributed by atoms with Gasteiger partial charge < -0.3 is 15.5 Å². The second-order valence-electron chi connectivity index (χ2n) is 8.98. The Morgan fingerprint density at radius 2 is 1.82 bits per heavy atom. The third kappa shape index (κ3) is 7.17. The fraction of sp³-hybridized carbons (Fsp3) is 0.609. The van der Waals surface area contributed by atoms with E-state index in [0.29, 0.717) is 25.4 Å². The van der Waals surface area contributed by atoms with Gasteiger partial charge in [0, 0.05) is 12.6 Å². The number of likely N-dealkylation sites (tertiary alicyclic amines) is 1. The van der Waals surface area contributed by atoms with E-state index in [0.717, 1.165) is 44.1 Å². The van der Waals surface area contributed by atoms with Gasteiger partial charge in [0.15, 0.2) is 0 Å². The standard InChI is InChI=1S/C23H33N5O4S/c1-17-4-8-19(9-5-17)26-23(30)27-33(31,32)21-10-6-18(7-11-21)12-13-25-16-22(29)28-14-2-3-20(28)15-24/h6-7,10-11,17,19-20,25H,2-5,8-9,12-14,16H2,1H3,(H2,26,27,30)/t17?,19?,20-/m0/s1. The van der Waals surface area contributed by atoms with Crippen LogP contribution < -0.4 is 15.4 Å². The Hall–Kier alpha value is -2.64. The van der Waals surface area contributed by atoms with Gasteiger partial charge in [-0.2, -0.15) is 5.26 Å². The van der Waals surface area contributed by atoms with Gasteiger partial charge in [0.05, 0.1) is 17.5 Å². The fourth-order valence-corrected chi connectivity index (χ4v) is 5.28. The molecule has 1 aromatic rings. The Morgan fingerprint density at radius 3 is 2.48 bits per heavy atom. The second-order valence-corrected chi connectivity index (χ2v) is 10.7. The van der Waals surface area contributed by atoms with E-state index in [2.05, 4.69) is 28.3 Å². The van der Waals surface area contributed by atoms with Crippen molar-refractivity contribution < 1.29 is 18.0 Å². The quantitative estimate of drug-likeness (QED) is 0.492. The molecule has 1 heterocycles. The van der Waals surface area contributed by atoms with Crippen molar-refractivity contribution in [2.24, 2.45) is 5.92 Å². The number of carbonyl (C=O) groups is 2. The van der Waals surface area contributed by atoms with E-state index < -0.39 is 16.1 Å². The van der Waals surface area contributed by atoms with Crippen LogP contribution in [-0.4, -0.2) is 57.0 Å². The third-order valence-electron chi connectivity index (χ3n) is 6.40. The molecule has 3 amide bonds. The zero-order valence-corrected chi connectivity index (χ0v) is 19.9. The Bertz CT molecular complexity index is 966. The van der Waals surface area contributed by atoms with Crippen LogP contribution in [0.1, 0.15) is 51.0 Å². The Kier molecular flexibility index (Phi) is 8.69. The van der Waals surface area contributed by atoms with Gasteiger partial charge in [0.1, 0.15) is 6.04 Å². The molecule has 0 aromatic heterocycles. The number of carbonyl (C=O) groups excluding carboxylic acids is 2. The molecule has 0 radical (unpaired) electrons. The summed E-state index contributed by atoms with van der Waals surface area (Å²) in [6.45, 7) is 3.52. The van der Waals surface area contributed by atoms with Crippen molar-refractivity contribution in [1.29, 1.82) is 5.26 Å². The van der Waals surface area contributed by atoms with Crippen LogP contribution in [0.4, 0.5) is 4.79 Å². The first-order valence-electron chi connectivity index (χ1n) is 11.6. The molecule has 2 fully saturated rings. The molecule has 1 saturated carbocycles. The lowest BCUT2D eigenvalue weighted by atomic mass is 9.87. The first-order chi connectivity index (χ1) is 15.8. The molecule has 9 nitrogen and oxygen atoms in total. The highest BCUT2D eigenvalue weighted by Gasteiger charge is 2.28. The molecule has 0 spiro atoms. The van der Waals surface area contributed by atoms with Crippen molar-refractivity contribution >= 4 is 22.0 Å². The summed E-state index contributed by atoms with van der Waals surface area (Å²) < 4.78 is 27.1. The van der Waals surface area contributed by atoms with E-state index in [1.807, 2.05) is 0 Å². The zero-order valence-electron chi connectivity index (χ0n) is 19.0. The molecule has 10 heteroatoms. The average Bonchev–Trinajstić information content (AvgIpc) is 3.27. The minimum Gasteiger partial charge on any atom is -0.335 e. The van der Waals surface area contributed by atoms with Crippen LogP contribution in [0.3, 0.4) is 0 Å². The number of amides is 3. The average molecular weight is 476 g/mol. The SMILES string of the molecule is CC1CCC(NC(=O)NS(=O)(=O)c2ccc(CCNCC(=O)N3CCC[C@H]3C#N)cc2)CC1. The van der Waals surface area contributed by atoms with E-state index in [9.17, 15) is 18.0 Å². The maximum atomic E-state index is 12.5. The minimum atomic E-state index is -3.95. The van der Waals surface area contributed by atoms with Crippen LogP contribution in [0.2, 0.25) is 0 Å². The van der Waals surface area contributed by atoms with Crippen molar-refractivity contribution in [2.75, 3.05) is 19.6 Å². The first-order valence-corrected chi connectivity index (χ1v) is 13.1. The summed E-state index contributed by atoms with van der Waals surface area (Å²) >= 11 is 0. The molecule has 33 heavy (non-hydrogen) atoms. The molecule has 3 N–H and O–H groups in total. The molecule has 0 unspecified atom stereocenters. The summed E-state index contributed by atoms with van der Waals surface area (Å²) in [4.78, 5) is 26.0. The van der Waals surface area contributed by atoms with Gasteiger partial charge in [-0.1, -0.05) is 19.1 Å². The van der Waals surface area contributed by atoms with Crippen LogP contribution in [0.15, 0.2) is 29.2 Å². The number of hydrogen-bond donors (Lipinski definition) is 3. The Labute approximate surface area is 196 Å². The molecular weight excluding hydrogens is 442 g/mol. The van der Waals surface area contributed by atoms with Gasteiger partial charge in [0.2, 0.25) is 5.91 Å². The molecule has 1 atom stereocenters. The minimum absolute atomic E-state index is 0.00872. The number of nitrogens with one attached hydrogen (secondary N) is 3. The van der Waals surface area contributed by atoms with E-state index >= 15 is 0 Å². The van der Waals surface area contributed by atoms with Crippen molar-refractivity contribution in [3.05, 3.63) is 29.8 Å². The van der Waals surface area contributed by atoms with Crippen LogP contribution >= 0.6 is 0 Å². The number of rotatable bonds is 8. The summed E-state index contributed by atoms with van der Waals surface area (Å²) in [7, 11) is -3.95. The van der Waals surface area contributed by atoms with E-state index in [1.165, 1.54) is 12.1 Å². The molecule has 1 aliphatic carbocycles. The predicted molar refractivity (Wildman–Crippen MR) is 124 cm³/mol. The predicted octanol–water partition coefficient (Wildman–Crippen LogP) is 1.90. The monoisotopic (exact) mass is 475 g/mol. The Balaban J connectivity index is 1.41. The summed E-state index contributed by atoms with van der Waals surface area (Å²) in [6.07, 6.45) is 5.98. The number of urea groups is 1. The summed E-state index contributed by atoms with van der Waals surface area (Å²) in [5.41, 5.74) is 0.908. The first kappa shape index (κ1) is 25.0. The van der Waals surface area contributed by atoms with Crippen LogP contribution in [0, 0.1) is 17.2 Å². The summed E-state index contributed by atoms with van der Waals surface area (Å²) in [6, 6.07) is 7.50. The number of hydrogen-bond acceptors (Lipinski definition) is 6.